The molecule has 0 fully saturated rings. The number of hydrogen-bond donors (Lipinski definition) is 2. The lowest BCUT2D eigenvalue weighted by molar-refractivity contribution is 0.355. The van der Waals surface area contributed by atoms with Crippen LogP contribution in [0.1, 0.15) is 11.1 Å². The Morgan fingerprint density at radius 2 is 1.81 bits per heavy atom. The Labute approximate surface area is 156 Å². The van der Waals surface area contributed by atoms with E-state index in [0.717, 1.165) is 22.3 Å². The fraction of sp³-hybridized carbons (Fsp3) is 0.294. The third-order valence-corrected chi connectivity index (χ3v) is 5.31. The SMILES string of the molecule is COc1cc2nnn(-c3ccc4c(c3)CC(NS(N)(=O)=O)C4)c2cc1OC. The van der Waals surface area contributed by atoms with Crippen LogP contribution in [0, 0.1) is 0 Å². The molecule has 0 spiro atoms. The Morgan fingerprint density at radius 3 is 2.52 bits per heavy atom. The van der Waals surface area contributed by atoms with E-state index >= 15 is 0 Å². The van der Waals surface area contributed by atoms with Crippen molar-refractivity contribution >= 4 is 21.2 Å². The molecule has 0 saturated heterocycles. The van der Waals surface area contributed by atoms with E-state index in [2.05, 4.69) is 15.0 Å². The fourth-order valence-corrected chi connectivity index (χ4v) is 4.12. The predicted octanol–water partition coefficient (Wildman–Crippen LogP) is 0.698. The lowest BCUT2D eigenvalue weighted by atomic mass is 10.1. The van der Waals surface area contributed by atoms with E-state index < -0.39 is 10.2 Å². The summed E-state index contributed by atoms with van der Waals surface area (Å²) < 4.78 is 37.4. The van der Waals surface area contributed by atoms with Gasteiger partial charge in [0.25, 0.3) is 10.2 Å². The smallest absolute Gasteiger partial charge is 0.274 e. The molecular weight excluding hydrogens is 370 g/mol. The monoisotopic (exact) mass is 389 g/mol. The maximum absolute atomic E-state index is 11.3. The first kappa shape index (κ1) is 17.7. The zero-order valence-corrected chi connectivity index (χ0v) is 15.7. The molecule has 3 aromatic rings. The van der Waals surface area contributed by atoms with Crippen LogP contribution in [0.25, 0.3) is 16.7 Å². The van der Waals surface area contributed by atoms with Crippen LogP contribution in [-0.4, -0.2) is 43.7 Å². The van der Waals surface area contributed by atoms with Crippen molar-refractivity contribution in [2.75, 3.05) is 14.2 Å². The van der Waals surface area contributed by atoms with E-state index in [1.807, 2.05) is 24.3 Å². The summed E-state index contributed by atoms with van der Waals surface area (Å²) in [5.74, 6) is 1.18. The number of fused-ring (bicyclic) bond motifs is 2. The Kier molecular flexibility index (Phi) is 4.25. The maximum atomic E-state index is 11.3. The summed E-state index contributed by atoms with van der Waals surface area (Å²) >= 11 is 0. The van der Waals surface area contributed by atoms with Crippen LogP contribution in [0.15, 0.2) is 30.3 Å². The Bertz CT molecular complexity index is 1130. The third-order valence-electron chi connectivity index (χ3n) is 4.65. The van der Waals surface area contributed by atoms with Gasteiger partial charge < -0.3 is 9.47 Å². The number of nitrogens with zero attached hydrogens (tertiary/aromatic N) is 3. The van der Waals surface area contributed by atoms with Crippen molar-refractivity contribution in [3.8, 4) is 17.2 Å². The summed E-state index contributed by atoms with van der Waals surface area (Å²) in [5.41, 5.74) is 4.44. The number of nitrogens with two attached hydrogens (primary N) is 1. The van der Waals surface area contributed by atoms with Crippen LogP contribution in [0.3, 0.4) is 0 Å². The number of nitrogens with one attached hydrogen (secondary N) is 1. The number of methoxy groups -OCH3 is 2. The quantitative estimate of drug-likeness (QED) is 0.662. The lowest BCUT2D eigenvalue weighted by Crippen LogP contribution is -2.39. The Morgan fingerprint density at radius 1 is 1.11 bits per heavy atom. The fourth-order valence-electron chi connectivity index (χ4n) is 3.49. The molecule has 2 aromatic carbocycles. The van der Waals surface area contributed by atoms with Crippen LogP contribution in [0.2, 0.25) is 0 Å². The first-order valence-corrected chi connectivity index (χ1v) is 9.82. The average molecular weight is 389 g/mol. The molecule has 1 aliphatic carbocycles. The zero-order chi connectivity index (χ0) is 19.2. The minimum Gasteiger partial charge on any atom is -0.493 e. The van der Waals surface area contributed by atoms with Crippen LogP contribution in [0.5, 0.6) is 11.5 Å². The van der Waals surface area contributed by atoms with Crippen molar-refractivity contribution in [3.63, 3.8) is 0 Å². The van der Waals surface area contributed by atoms with Gasteiger partial charge in [0.15, 0.2) is 11.5 Å². The highest BCUT2D eigenvalue weighted by Crippen LogP contribution is 2.32. The number of aromatic nitrogens is 3. The Hall–Kier alpha value is -2.69. The van der Waals surface area contributed by atoms with Gasteiger partial charge in [-0.25, -0.2) is 9.82 Å². The van der Waals surface area contributed by atoms with E-state index in [1.165, 1.54) is 0 Å². The minimum atomic E-state index is -3.73. The van der Waals surface area contributed by atoms with Gasteiger partial charge in [-0.05, 0) is 36.1 Å². The van der Waals surface area contributed by atoms with Crippen molar-refractivity contribution in [2.24, 2.45) is 5.14 Å². The largest absolute Gasteiger partial charge is 0.493 e. The van der Waals surface area contributed by atoms with E-state index in [1.54, 1.807) is 25.0 Å². The molecular formula is C17H19N5O4S. The summed E-state index contributed by atoms with van der Waals surface area (Å²) in [6.07, 6.45) is 1.18. The average Bonchev–Trinajstić information content (AvgIpc) is 3.20. The van der Waals surface area contributed by atoms with Crippen molar-refractivity contribution < 1.29 is 17.9 Å². The second-order valence-corrected chi connectivity index (χ2v) is 7.74. The van der Waals surface area contributed by atoms with E-state index in [0.29, 0.717) is 29.9 Å². The van der Waals surface area contributed by atoms with Gasteiger partial charge in [-0.3, -0.25) is 0 Å². The zero-order valence-electron chi connectivity index (χ0n) is 14.8. The van der Waals surface area contributed by atoms with Crippen molar-refractivity contribution in [1.29, 1.82) is 0 Å². The Balaban J connectivity index is 1.71. The molecule has 4 rings (SSSR count). The highest BCUT2D eigenvalue weighted by Gasteiger charge is 2.25. The number of benzene rings is 2. The lowest BCUT2D eigenvalue weighted by Gasteiger charge is -2.09. The molecule has 3 N–H and O–H groups in total. The molecule has 1 aromatic heterocycles. The van der Waals surface area contributed by atoms with Gasteiger partial charge in [0, 0.05) is 18.2 Å². The summed E-state index contributed by atoms with van der Waals surface area (Å²) in [4.78, 5) is 0. The molecule has 0 bridgehead atoms. The van der Waals surface area contributed by atoms with Gasteiger partial charge >= 0.3 is 0 Å². The van der Waals surface area contributed by atoms with Crippen LogP contribution in [-0.2, 0) is 23.1 Å². The molecule has 0 saturated carbocycles. The molecule has 27 heavy (non-hydrogen) atoms. The second kappa shape index (κ2) is 6.48. The molecule has 1 atom stereocenters. The molecule has 1 heterocycles. The molecule has 0 amide bonds. The predicted molar refractivity (Wildman–Crippen MR) is 99.4 cm³/mol. The summed E-state index contributed by atoms with van der Waals surface area (Å²) in [5, 5.41) is 13.5. The van der Waals surface area contributed by atoms with Gasteiger partial charge in [-0.2, -0.15) is 13.1 Å². The van der Waals surface area contributed by atoms with Gasteiger partial charge in [0.2, 0.25) is 0 Å². The molecule has 1 aliphatic rings. The molecule has 142 valence electrons. The standard InChI is InChI=1S/C17H19N5O4S/c1-25-16-8-14-15(9-17(16)26-2)22(21-19-14)13-4-3-10-5-12(6-11(10)7-13)20-27(18,23)24/h3-4,7-9,12,20H,5-6H2,1-2H3,(H2,18,23,24). The van der Waals surface area contributed by atoms with Gasteiger partial charge in [-0.15, -0.1) is 5.10 Å². The number of ether oxygens (including phenoxy) is 2. The third kappa shape index (κ3) is 3.34. The van der Waals surface area contributed by atoms with Crippen molar-refractivity contribution in [3.05, 3.63) is 41.5 Å². The normalized spacial score (nSPS) is 16.5. The molecule has 1 unspecified atom stereocenters. The van der Waals surface area contributed by atoms with Crippen LogP contribution >= 0.6 is 0 Å². The van der Waals surface area contributed by atoms with Gasteiger partial charge in [-0.1, -0.05) is 11.3 Å². The highest BCUT2D eigenvalue weighted by molar-refractivity contribution is 7.87. The molecule has 0 aliphatic heterocycles. The summed E-state index contributed by atoms with van der Waals surface area (Å²) in [6, 6.07) is 9.27. The summed E-state index contributed by atoms with van der Waals surface area (Å²) in [6.45, 7) is 0. The van der Waals surface area contributed by atoms with E-state index in [9.17, 15) is 8.42 Å². The minimum absolute atomic E-state index is 0.234. The van der Waals surface area contributed by atoms with Crippen LogP contribution < -0.4 is 19.3 Å². The molecule has 9 nitrogen and oxygen atoms in total. The number of rotatable bonds is 5. The molecule has 10 heteroatoms. The maximum Gasteiger partial charge on any atom is 0.274 e. The summed E-state index contributed by atoms with van der Waals surface area (Å²) in [7, 11) is -0.580. The van der Waals surface area contributed by atoms with E-state index in [-0.39, 0.29) is 6.04 Å². The first-order chi connectivity index (χ1) is 12.9. The second-order valence-electron chi connectivity index (χ2n) is 6.42. The van der Waals surface area contributed by atoms with Gasteiger partial charge in [0.1, 0.15) is 5.52 Å². The van der Waals surface area contributed by atoms with Crippen LogP contribution in [0.4, 0.5) is 0 Å². The van der Waals surface area contributed by atoms with Crippen molar-refractivity contribution in [1.82, 2.24) is 19.7 Å². The topological polar surface area (TPSA) is 121 Å². The van der Waals surface area contributed by atoms with Crippen molar-refractivity contribution in [2.45, 2.75) is 18.9 Å². The number of hydrogen-bond acceptors (Lipinski definition) is 6. The van der Waals surface area contributed by atoms with Gasteiger partial charge in [0.05, 0.1) is 25.4 Å². The molecule has 0 radical (unpaired) electrons. The highest BCUT2D eigenvalue weighted by atomic mass is 32.2. The first-order valence-electron chi connectivity index (χ1n) is 8.27. The van der Waals surface area contributed by atoms with E-state index in [4.69, 9.17) is 14.6 Å².